The second-order valence-electron chi connectivity index (χ2n) is 6.49. The van der Waals surface area contributed by atoms with E-state index >= 15 is 0 Å². The van der Waals surface area contributed by atoms with Gasteiger partial charge in [0.25, 0.3) is 0 Å². The molecule has 3 rings (SSSR count). The molecule has 0 spiro atoms. The number of nitrogens with one attached hydrogen (secondary N) is 1. The summed E-state index contributed by atoms with van der Waals surface area (Å²) in [6.45, 7) is 1.22. The van der Waals surface area contributed by atoms with Crippen LogP contribution in [-0.4, -0.2) is 25.2 Å². The lowest BCUT2D eigenvalue weighted by atomic mass is 10.0. The minimum Gasteiger partial charge on any atom is -0.378 e. The topological polar surface area (TPSA) is 64.3 Å². The summed E-state index contributed by atoms with van der Waals surface area (Å²) in [5, 5.41) is 5.43. The van der Waals surface area contributed by atoms with Gasteiger partial charge in [0.05, 0.1) is 12.1 Å². The molecule has 2 aromatic rings. The normalized spacial score (nSPS) is 18.4. The van der Waals surface area contributed by atoms with Crippen molar-refractivity contribution in [3.63, 3.8) is 0 Å². The monoisotopic (exact) mass is 362 g/mol. The first-order chi connectivity index (χ1) is 11.8. The van der Waals surface area contributed by atoms with Crippen molar-refractivity contribution in [2.75, 3.05) is 13.2 Å². The van der Waals surface area contributed by atoms with Gasteiger partial charge in [0, 0.05) is 19.6 Å². The van der Waals surface area contributed by atoms with E-state index in [4.69, 9.17) is 10.5 Å². The minimum atomic E-state index is -0.144. The van der Waals surface area contributed by atoms with E-state index in [0.717, 1.165) is 31.4 Å². The summed E-state index contributed by atoms with van der Waals surface area (Å²) >= 11 is 0. The molecule has 1 amide bonds. The van der Waals surface area contributed by atoms with Crippen molar-refractivity contribution in [3.05, 3.63) is 48.0 Å². The summed E-state index contributed by atoms with van der Waals surface area (Å²) in [7, 11) is 0. The fraction of sp³-hybridized carbons (Fsp3) is 0.450. The largest absolute Gasteiger partial charge is 0.378 e. The highest BCUT2D eigenvalue weighted by Gasteiger charge is 2.17. The molecule has 2 aromatic carbocycles. The molecule has 1 aliphatic rings. The number of benzene rings is 2. The Labute approximate surface area is 155 Å². The van der Waals surface area contributed by atoms with Crippen LogP contribution in [0.4, 0.5) is 0 Å². The Hall–Kier alpha value is -1.62. The van der Waals surface area contributed by atoms with Crippen molar-refractivity contribution < 1.29 is 9.53 Å². The molecule has 2 unspecified atom stereocenters. The van der Waals surface area contributed by atoms with Gasteiger partial charge >= 0.3 is 0 Å². The summed E-state index contributed by atoms with van der Waals surface area (Å²) in [6, 6.07) is 14.3. The quantitative estimate of drug-likeness (QED) is 0.823. The van der Waals surface area contributed by atoms with Crippen LogP contribution in [-0.2, 0) is 9.53 Å². The van der Waals surface area contributed by atoms with Crippen molar-refractivity contribution in [3.8, 4) is 0 Å². The molecule has 5 heteroatoms. The predicted molar refractivity (Wildman–Crippen MR) is 104 cm³/mol. The van der Waals surface area contributed by atoms with Gasteiger partial charge < -0.3 is 15.8 Å². The SMILES string of the molecule is Cl.NCC(NC(=O)CCC1CCCCO1)c1ccc2ccccc2c1. The maximum Gasteiger partial charge on any atom is 0.220 e. The fourth-order valence-electron chi connectivity index (χ4n) is 3.30. The third kappa shape index (κ3) is 5.43. The average molecular weight is 363 g/mol. The van der Waals surface area contributed by atoms with Crippen LogP contribution < -0.4 is 11.1 Å². The number of ether oxygens (including phenoxy) is 1. The van der Waals surface area contributed by atoms with E-state index in [0.29, 0.717) is 13.0 Å². The van der Waals surface area contributed by atoms with E-state index in [-0.39, 0.29) is 30.5 Å². The highest BCUT2D eigenvalue weighted by atomic mass is 35.5. The smallest absolute Gasteiger partial charge is 0.220 e. The van der Waals surface area contributed by atoms with Gasteiger partial charge in [-0.3, -0.25) is 4.79 Å². The predicted octanol–water partition coefficient (Wildman–Crippen LogP) is 3.73. The highest BCUT2D eigenvalue weighted by Crippen LogP contribution is 2.21. The molecular weight excluding hydrogens is 336 g/mol. The van der Waals surface area contributed by atoms with Gasteiger partial charge in [-0.15, -0.1) is 12.4 Å². The van der Waals surface area contributed by atoms with E-state index in [2.05, 4.69) is 29.6 Å². The van der Waals surface area contributed by atoms with E-state index in [1.165, 1.54) is 17.2 Å². The number of hydrogen-bond donors (Lipinski definition) is 2. The van der Waals surface area contributed by atoms with Crippen LogP contribution in [0.25, 0.3) is 10.8 Å². The number of halogens is 1. The molecule has 4 nitrogen and oxygen atoms in total. The Morgan fingerprint density at radius 2 is 2.00 bits per heavy atom. The first-order valence-corrected chi connectivity index (χ1v) is 8.86. The lowest BCUT2D eigenvalue weighted by molar-refractivity contribution is -0.122. The van der Waals surface area contributed by atoms with Gasteiger partial charge in [0.15, 0.2) is 0 Å². The Bertz CT molecular complexity index is 686. The number of nitrogens with two attached hydrogens (primary N) is 1. The van der Waals surface area contributed by atoms with E-state index in [9.17, 15) is 4.79 Å². The molecule has 136 valence electrons. The third-order valence-electron chi connectivity index (χ3n) is 4.71. The van der Waals surface area contributed by atoms with Crippen LogP contribution in [0.5, 0.6) is 0 Å². The van der Waals surface area contributed by atoms with Crippen LogP contribution in [0.15, 0.2) is 42.5 Å². The zero-order chi connectivity index (χ0) is 16.8. The molecule has 1 heterocycles. The molecule has 25 heavy (non-hydrogen) atoms. The molecule has 0 bridgehead atoms. The zero-order valence-corrected chi connectivity index (χ0v) is 15.3. The van der Waals surface area contributed by atoms with E-state index in [1.54, 1.807) is 0 Å². The molecule has 0 saturated carbocycles. The lowest BCUT2D eigenvalue weighted by Gasteiger charge is -2.23. The van der Waals surface area contributed by atoms with Crippen molar-refractivity contribution in [2.24, 2.45) is 5.73 Å². The van der Waals surface area contributed by atoms with Gasteiger partial charge in [-0.2, -0.15) is 0 Å². The molecular formula is C20H27ClN2O2. The summed E-state index contributed by atoms with van der Waals surface area (Å²) in [5.74, 6) is 0.0489. The molecule has 3 N–H and O–H groups in total. The second kappa shape index (κ2) is 9.76. The molecule has 1 saturated heterocycles. The van der Waals surface area contributed by atoms with Gasteiger partial charge in [-0.1, -0.05) is 36.4 Å². The van der Waals surface area contributed by atoms with Crippen molar-refractivity contribution in [2.45, 2.75) is 44.2 Å². The lowest BCUT2D eigenvalue weighted by Crippen LogP contribution is -2.34. The van der Waals surface area contributed by atoms with Gasteiger partial charge in [0.1, 0.15) is 0 Å². The summed E-state index contributed by atoms with van der Waals surface area (Å²) in [6.07, 6.45) is 4.93. The van der Waals surface area contributed by atoms with Gasteiger partial charge in [0.2, 0.25) is 5.91 Å². The number of amides is 1. The fourth-order valence-corrected chi connectivity index (χ4v) is 3.30. The molecule has 1 fully saturated rings. The minimum absolute atomic E-state index is 0. The Morgan fingerprint density at radius 1 is 1.20 bits per heavy atom. The summed E-state index contributed by atoms with van der Waals surface area (Å²) in [4.78, 5) is 12.3. The number of fused-ring (bicyclic) bond motifs is 1. The van der Waals surface area contributed by atoms with Crippen molar-refractivity contribution >= 4 is 29.1 Å². The summed E-state index contributed by atoms with van der Waals surface area (Å²) in [5.41, 5.74) is 6.95. The van der Waals surface area contributed by atoms with Gasteiger partial charge in [-0.05, 0) is 48.1 Å². The summed E-state index contributed by atoms with van der Waals surface area (Å²) < 4.78 is 5.69. The van der Waals surface area contributed by atoms with Gasteiger partial charge in [-0.25, -0.2) is 0 Å². The van der Waals surface area contributed by atoms with Crippen LogP contribution in [0.1, 0.15) is 43.7 Å². The first kappa shape index (κ1) is 19.7. The van der Waals surface area contributed by atoms with Crippen LogP contribution in [0.2, 0.25) is 0 Å². The second-order valence-corrected chi connectivity index (χ2v) is 6.49. The Balaban J connectivity index is 0.00000225. The number of rotatable bonds is 6. The Kier molecular flexibility index (Phi) is 7.69. The van der Waals surface area contributed by atoms with Crippen LogP contribution >= 0.6 is 12.4 Å². The molecule has 1 aliphatic heterocycles. The average Bonchev–Trinajstić information content (AvgIpc) is 2.65. The Morgan fingerprint density at radius 3 is 2.72 bits per heavy atom. The number of hydrogen-bond acceptors (Lipinski definition) is 3. The first-order valence-electron chi connectivity index (χ1n) is 8.86. The van der Waals surface area contributed by atoms with E-state index in [1.807, 2.05) is 18.2 Å². The molecule has 0 aliphatic carbocycles. The number of carbonyl (C=O) groups excluding carboxylic acids is 1. The molecule has 2 atom stereocenters. The maximum absolute atomic E-state index is 12.3. The maximum atomic E-state index is 12.3. The molecule has 0 aromatic heterocycles. The van der Waals surface area contributed by atoms with Crippen LogP contribution in [0, 0.1) is 0 Å². The molecule has 0 radical (unpaired) electrons. The number of carbonyl (C=O) groups is 1. The third-order valence-corrected chi connectivity index (χ3v) is 4.71. The zero-order valence-electron chi connectivity index (χ0n) is 14.4. The van der Waals surface area contributed by atoms with Crippen molar-refractivity contribution in [1.29, 1.82) is 0 Å². The van der Waals surface area contributed by atoms with Crippen LogP contribution in [0.3, 0.4) is 0 Å². The van der Waals surface area contributed by atoms with Crippen molar-refractivity contribution in [1.82, 2.24) is 5.32 Å². The van der Waals surface area contributed by atoms with E-state index < -0.39 is 0 Å². The standard InChI is InChI=1S/C20H26N2O2.ClH/c21-14-19(17-9-8-15-5-1-2-6-16(15)13-17)22-20(23)11-10-18-7-3-4-12-24-18;/h1-2,5-6,8-9,13,18-19H,3-4,7,10-12,14,21H2,(H,22,23);1H. The highest BCUT2D eigenvalue weighted by molar-refractivity contribution is 5.85.